The Bertz CT molecular complexity index is 506. The topological polar surface area (TPSA) is 103 Å². The molecule has 0 spiro atoms. The molecule has 0 unspecified atom stereocenters. The summed E-state index contributed by atoms with van der Waals surface area (Å²) in [7, 11) is 0. The van der Waals surface area contributed by atoms with E-state index in [4.69, 9.17) is 5.73 Å². The minimum atomic E-state index is -0.174. The molecule has 0 fully saturated rings. The first kappa shape index (κ1) is 9.38. The van der Waals surface area contributed by atoms with Crippen molar-refractivity contribution in [3.8, 4) is 11.8 Å². The maximum atomic E-state index is 9.36. The zero-order chi connectivity index (χ0) is 11.0. The second-order valence-corrected chi connectivity index (χ2v) is 3.14. The van der Waals surface area contributed by atoms with Crippen LogP contribution >= 0.6 is 0 Å². The van der Waals surface area contributed by atoms with Gasteiger partial charge in [0.15, 0.2) is 0 Å². The summed E-state index contributed by atoms with van der Waals surface area (Å²) in [6, 6.07) is 1.68. The Morgan fingerprint density at radius 1 is 1.33 bits per heavy atom. The highest BCUT2D eigenvalue weighted by Crippen LogP contribution is 2.13. The highest BCUT2D eigenvalue weighted by Gasteiger charge is 2.09. The third-order valence-electron chi connectivity index (χ3n) is 1.87. The van der Waals surface area contributed by atoms with E-state index in [0.717, 1.165) is 5.69 Å². The van der Waals surface area contributed by atoms with Crippen LogP contribution in [0.3, 0.4) is 0 Å². The second kappa shape index (κ2) is 3.19. The summed E-state index contributed by atoms with van der Waals surface area (Å²) in [6.45, 7) is 3.41. The lowest BCUT2D eigenvalue weighted by molar-refractivity contribution is 0.438. The van der Waals surface area contributed by atoms with Gasteiger partial charge in [-0.25, -0.2) is 0 Å². The zero-order valence-corrected chi connectivity index (χ0v) is 8.34. The summed E-state index contributed by atoms with van der Waals surface area (Å²) in [4.78, 5) is 3.82. The molecule has 0 aliphatic heterocycles. The molecule has 0 aliphatic carbocycles. The molecule has 0 radical (unpaired) electrons. The molecule has 78 valence electrons. The van der Waals surface area contributed by atoms with Crippen molar-refractivity contribution < 1.29 is 5.11 Å². The van der Waals surface area contributed by atoms with Crippen LogP contribution < -0.4 is 5.73 Å². The molecule has 2 heterocycles. The summed E-state index contributed by atoms with van der Waals surface area (Å²) in [6.07, 6.45) is 0. The van der Waals surface area contributed by atoms with Crippen LogP contribution in [-0.2, 0) is 0 Å². The monoisotopic (exact) mass is 206 g/mol. The number of nitrogens with zero attached hydrogens (tertiary/aromatic N) is 5. The molecule has 3 N–H and O–H groups in total. The number of hydrogen-bond acceptors (Lipinski definition) is 6. The molecular weight excluding hydrogens is 196 g/mol. The van der Waals surface area contributed by atoms with Gasteiger partial charge >= 0.3 is 0 Å². The highest BCUT2D eigenvalue weighted by atomic mass is 16.3. The normalized spacial score (nSPS) is 10.5. The molecule has 0 atom stereocenters. The van der Waals surface area contributed by atoms with Crippen LogP contribution in [-0.4, -0.2) is 30.1 Å². The van der Waals surface area contributed by atoms with E-state index in [9.17, 15) is 5.11 Å². The number of aryl methyl sites for hydroxylation is 2. The molecule has 0 amide bonds. The average molecular weight is 206 g/mol. The molecule has 0 aliphatic rings. The molecule has 0 saturated carbocycles. The smallest absolute Gasteiger partial charge is 0.275 e. The summed E-state index contributed by atoms with van der Waals surface area (Å²) in [5, 5.41) is 20.9. The SMILES string of the molecule is Cc1cc(N)n(-c2nnc(C)c(O)n2)n1. The maximum absolute atomic E-state index is 9.36. The van der Waals surface area contributed by atoms with Gasteiger partial charge in [0.2, 0.25) is 5.88 Å². The van der Waals surface area contributed by atoms with Gasteiger partial charge in [-0.1, -0.05) is 0 Å². The van der Waals surface area contributed by atoms with Gasteiger partial charge in [0, 0.05) is 6.07 Å². The quantitative estimate of drug-likeness (QED) is 0.678. The highest BCUT2D eigenvalue weighted by molar-refractivity contribution is 5.36. The third kappa shape index (κ3) is 1.58. The Labute approximate surface area is 85.6 Å². The molecule has 7 nitrogen and oxygen atoms in total. The minimum absolute atomic E-state index is 0.156. The fraction of sp³-hybridized carbons (Fsp3) is 0.250. The predicted molar refractivity (Wildman–Crippen MR) is 52.5 cm³/mol. The lowest BCUT2D eigenvalue weighted by Crippen LogP contribution is -2.08. The van der Waals surface area contributed by atoms with Gasteiger partial charge in [-0.15, -0.1) is 10.2 Å². The number of hydrogen-bond donors (Lipinski definition) is 2. The van der Waals surface area contributed by atoms with Crippen LogP contribution in [0.2, 0.25) is 0 Å². The van der Waals surface area contributed by atoms with E-state index in [1.165, 1.54) is 4.68 Å². The first-order valence-corrected chi connectivity index (χ1v) is 4.30. The first-order chi connectivity index (χ1) is 7.08. The largest absolute Gasteiger partial charge is 0.492 e. The van der Waals surface area contributed by atoms with E-state index in [1.54, 1.807) is 19.9 Å². The fourth-order valence-corrected chi connectivity index (χ4v) is 1.13. The van der Waals surface area contributed by atoms with Gasteiger partial charge in [0.25, 0.3) is 5.95 Å². The lowest BCUT2D eigenvalue weighted by atomic mass is 10.5. The van der Waals surface area contributed by atoms with Crippen LogP contribution in [0.1, 0.15) is 11.4 Å². The van der Waals surface area contributed by atoms with Crippen molar-refractivity contribution in [1.82, 2.24) is 25.0 Å². The van der Waals surface area contributed by atoms with E-state index < -0.39 is 0 Å². The van der Waals surface area contributed by atoms with Crippen molar-refractivity contribution in [2.24, 2.45) is 0 Å². The van der Waals surface area contributed by atoms with E-state index in [1.807, 2.05) is 0 Å². The van der Waals surface area contributed by atoms with Gasteiger partial charge in [-0.05, 0) is 13.8 Å². The Morgan fingerprint density at radius 2 is 2.07 bits per heavy atom. The molecular formula is C8H10N6O. The Hall–Kier alpha value is -2.18. The van der Waals surface area contributed by atoms with Crippen molar-refractivity contribution in [3.63, 3.8) is 0 Å². The number of aromatic hydroxyl groups is 1. The summed E-state index contributed by atoms with van der Waals surface area (Å²) < 4.78 is 1.32. The van der Waals surface area contributed by atoms with Crippen molar-refractivity contribution in [3.05, 3.63) is 17.5 Å². The van der Waals surface area contributed by atoms with Gasteiger partial charge in [0.1, 0.15) is 11.5 Å². The van der Waals surface area contributed by atoms with Crippen LogP contribution in [0.5, 0.6) is 5.88 Å². The lowest BCUT2D eigenvalue weighted by Gasteiger charge is -2.01. The summed E-state index contributed by atoms with van der Waals surface area (Å²) in [5.41, 5.74) is 6.78. The van der Waals surface area contributed by atoms with E-state index in [-0.39, 0.29) is 11.8 Å². The molecule has 2 aromatic rings. The number of rotatable bonds is 1. The number of aromatic nitrogens is 5. The van der Waals surface area contributed by atoms with Crippen molar-refractivity contribution >= 4 is 5.82 Å². The van der Waals surface area contributed by atoms with Crippen LogP contribution in [0.15, 0.2) is 6.07 Å². The fourth-order valence-electron chi connectivity index (χ4n) is 1.13. The summed E-state index contributed by atoms with van der Waals surface area (Å²) >= 11 is 0. The number of nitrogen functional groups attached to an aromatic ring is 1. The molecule has 0 aromatic carbocycles. The van der Waals surface area contributed by atoms with Crippen molar-refractivity contribution in [1.29, 1.82) is 0 Å². The molecule has 0 saturated heterocycles. The second-order valence-electron chi connectivity index (χ2n) is 3.14. The van der Waals surface area contributed by atoms with E-state index >= 15 is 0 Å². The average Bonchev–Trinajstić information content (AvgIpc) is 2.50. The molecule has 0 bridgehead atoms. The van der Waals surface area contributed by atoms with E-state index in [2.05, 4.69) is 20.3 Å². The Kier molecular flexibility index (Phi) is 2.00. The van der Waals surface area contributed by atoms with Crippen molar-refractivity contribution in [2.45, 2.75) is 13.8 Å². The predicted octanol–water partition coefficient (Wildman–Crippen LogP) is -0.0381. The first-order valence-electron chi connectivity index (χ1n) is 4.30. The summed E-state index contributed by atoms with van der Waals surface area (Å²) in [5.74, 6) is 0.383. The van der Waals surface area contributed by atoms with Gasteiger partial charge in [-0.3, -0.25) is 0 Å². The third-order valence-corrected chi connectivity index (χ3v) is 1.87. The number of anilines is 1. The Balaban J connectivity index is 2.54. The van der Waals surface area contributed by atoms with Crippen LogP contribution in [0.4, 0.5) is 5.82 Å². The van der Waals surface area contributed by atoms with Crippen LogP contribution in [0, 0.1) is 13.8 Å². The van der Waals surface area contributed by atoms with E-state index in [0.29, 0.717) is 11.5 Å². The molecule has 15 heavy (non-hydrogen) atoms. The minimum Gasteiger partial charge on any atom is -0.492 e. The van der Waals surface area contributed by atoms with Crippen LogP contribution in [0.25, 0.3) is 5.95 Å². The van der Waals surface area contributed by atoms with Gasteiger partial charge < -0.3 is 10.8 Å². The maximum Gasteiger partial charge on any atom is 0.275 e. The van der Waals surface area contributed by atoms with Crippen molar-refractivity contribution in [2.75, 3.05) is 5.73 Å². The van der Waals surface area contributed by atoms with Gasteiger partial charge in [0.05, 0.1) is 5.69 Å². The number of nitrogens with two attached hydrogens (primary N) is 1. The van der Waals surface area contributed by atoms with Gasteiger partial charge in [-0.2, -0.15) is 14.8 Å². The molecule has 7 heteroatoms. The molecule has 2 aromatic heterocycles. The zero-order valence-electron chi connectivity index (χ0n) is 8.34. The molecule has 2 rings (SSSR count). The Morgan fingerprint density at radius 3 is 2.60 bits per heavy atom. The standard InChI is InChI=1S/C8H10N6O/c1-4-3-6(9)14(13-4)8-10-7(15)5(2)11-12-8/h3H,9H2,1-2H3,(H,10,12,15).